The fourth-order valence-corrected chi connectivity index (χ4v) is 3.95. The van der Waals surface area contributed by atoms with Crippen molar-refractivity contribution in [2.24, 2.45) is 0 Å². The van der Waals surface area contributed by atoms with Crippen LogP contribution < -0.4 is 4.90 Å². The Morgan fingerprint density at radius 3 is 2.62 bits per heavy atom. The summed E-state index contributed by atoms with van der Waals surface area (Å²) in [5.41, 5.74) is 6.41. The molecule has 0 atom stereocenters. The van der Waals surface area contributed by atoms with Crippen LogP contribution in [-0.4, -0.2) is 47.4 Å². The molecule has 2 aromatic carbocycles. The lowest BCUT2D eigenvalue weighted by Gasteiger charge is -2.24. The molecule has 5 nitrogen and oxygen atoms in total. The van der Waals surface area contributed by atoms with E-state index in [1.165, 1.54) is 16.5 Å². The number of benzene rings is 2. The van der Waals surface area contributed by atoms with Crippen LogP contribution in [0.4, 0.5) is 0 Å². The maximum Gasteiger partial charge on any atom is 0.160 e. The Balaban J connectivity index is 1.67. The van der Waals surface area contributed by atoms with Gasteiger partial charge in [0.05, 0.1) is 42.9 Å². The molecule has 26 heavy (non-hydrogen) atoms. The normalized spacial score (nSPS) is 16.0. The van der Waals surface area contributed by atoms with Crippen LogP contribution in [0.25, 0.3) is 33.1 Å². The lowest BCUT2D eigenvalue weighted by molar-refractivity contribution is -0.908. The van der Waals surface area contributed by atoms with Crippen LogP contribution in [0, 0.1) is 6.92 Å². The quantitative estimate of drug-likeness (QED) is 0.616. The highest BCUT2D eigenvalue weighted by Crippen LogP contribution is 2.28. The van der Waals surface area contributed by atoms with Gasteiger partial charge < -0.3 is 14.2 Å². The smallest absolute Gasteiger partial charge is 0.160 e. The first-order valence-corrected chi connectivity index (χ1v) is 9.36. The number of aromatic nitrogens is 3. The van der Waals surface area contributed by atoms with Crippen molar-refractivity contribution in [3.63, 3.8) is 0 Å². The Kier molecular flexibility index (Phi) is 3.84. The SMILES string of the molecule is Cc1ccc2c(c1)c1nc3ccccc3nc1n2CC[NH+]1CCOCC1. The third-order valence-corrected chi connectivity index (χ3v) is 5.39. The van der Waals surface area contributed by atoms with Gasteiger partial charge in [0.15, 0.2) is 5.65 Å². The average Bonchev–Trinajstić information content (AvgIpc) is 2.97. The molecular formula is C21H23N4O+. The minimum Gasteiger partial charge on any atom is -0.370 e. The van der Waals surface area contributed by atoms with E-state index in [1.807, 2.05) is 24.3 Å². The third kappa shape index (κ3) is 2.64. The van der Waals surface area contributed by atoms with Gasteiger partial charge in [-0.25, -0.2) is 9.97 Å². The van der Waals surface area contributed by atoms with Crippen LogP contribution in [0.2, 0.25) is 0 Å². The Labute approximate surface area is 152 Å². The summed E-state index contributed by atoms with van der Waals surface area (Å²) < 4.78 is 7.84. The van der Waals surface area contributed by atoms with Crippen LogP contribution >= 0.6 is 0 Å². The third-order valence-electron chi connectivity index (χ3n) is 5.39. The molecule has 1 N–H and O–H groups in total. The maximum atomic E-state index is 5.49. The summed E-state index contributed by atoms with van der Waals surface area (Å²) in [5.74, 6) is 0. The number of nitrogens with one attached hydrogen (secondary N) is 1. The number of para-hydroxylation sites is 2. The molecule has 1 fully saturated rings. The number of nitrogens with zero attached hydrogens (tertiary/aromatic N) is 3. The molecule has 0 aliphatic carbocycles. The molecule has 132 valence electrons. The van der Waals surface area contributed by atoms with E-state index in [0.29, 0.717) is 0 Å². The highest BCUT2D eigenvalue weighted by atomic mass is 16.5. The summed E-state index contributed by atoms with van der Waals surface area (Å²) in [6.07, 6.45) is 0. The molecule has 1 aliphatic heterocycles. The van der Waals surface area contributed by atoms with Crippen LogP contribution in [0.3, 0.4) is 0 Å². The first-order chi connectivity index (χ1) is 12.8. The summed E-state index contributed by atoms with van der Waals surface area (Å²) >= 11 is 0. The number of aryl methyl sites for hydroxylation is 1. The van der Waals surface area contributed by atoms with E-state index < -0.39 is 0 Å². The second-order valence-electron chi connectivity index (χ2n) is 7.17. The second kappa shape index (κ2) is 6.34. The standard InChI is InChI=1S/C21H22N4O/c1-15-6-7-19-16(14-15)20-21(23-18-5-3-2-4-17(18)22-20)25(19)9-8-24-10-12-26-13-11-24/h2-7,14H,8-13H2,1H3/p+1. The monoisotopic (exact) mass is 347 g/mol. The molecule has 0 bridgehead atoms. The van der Waals surface area contributed by atoms with Crippen LogP contribution in [0.5, 0.6) is 0 Å². The van der Waals surface area contributed by atoms with Gasteiger partial charge in [0.25, 0.3) is 0 Å². The Morgan fingerprint density at radius 1 is 1.04 bits per heavy atom. The molecule has 0 unspecified atom stereocenters. The van der Waals surface area contributed by atoms with Crippen molar-refractivity contribution in [1.29, 1.82) is 0 Å². The van der Waals surface area contributed by atoms with Crippen molar-refractivity contribution in [3.8, 4) is 0 Å². The van der Waals surface area contributed by atoms with Crippen molar-refractivity contribution < 1.29 is 9.64 Å². The van der Waals surface area contributed by atoms with Gasteiger partial charge in [0.2, 0.25) is 0 Å². The van der Waals surface area contributed by atoms with Crippen molar-refractivity contribution >= 4 is 33.1 Å². The zero-order chi connectivity index (χ0) is 17.5. The van der Waals surface area contributed by atoms with Crippen LogP contribution in [-0.2, 0) is 11.3 Å². The van der Waals surface area contributed by atoms with Crippen molar-refractivity contribution in [2.75, 3.05) is 32.8 Å². The molecule has 3 heterocycles. The van der Waals surface area contributed by atoms with Crippen molar-refractivity contribution in [2.45, 2.75) is 13.5 Å². The highest BCUT2D eigenvalue weighted by molar-refractivity contribution is 6.06. The van der Waals surface area contributed by atoms with E-state index in [9.17, 15) is 0 Å². The predicted octanol–water partition coefficient (Wildman–Crippen LogP) is 1.96. The summed E-state index contributed by atoms with van der Waals surface area (Å²) in [4.78, 5) is 11.5. The van der Waals surface area contributed by atoms with Gasteiger partial charge in [-0.2, -0.15) is 0 Å². The number of ether oxygens (including phenoxy) is 1. The van der Waals surface area contributed by atoms with Gasteiger partial charge in [-0.1, -0.05) is 23.8 Å². The topological polar surface area (TPSA) is 44.4 Å². The molecular weight excluding hydrogens is 324 g/mol. The number of quaternary nitrogens is 1. The van der Waals surface area contributed by atoms with E-state index in [1.54, 1.807) is 4.90 Å². The van der Waals surface area contributed by atoms with Crippen LogP contribution in [0.15, 0.2) is 42.5 Å². The average molecular weight is 347 g/mol. The molecule has 4 aromatic rings. The summed E-state index contributed by atoms with van der Waals surface area (Å²) in [5, 5.41) is 1.20. The number of hydrogen-bond acceptors (Lipinski definition) is 3. The molecule has 5 rings (SSSR count). The number of morpholine rings is 1. The first-order valence-electron chi connectivity index (χ1n) is 9.36. The molecule has 1 aliphatic rings. The minimum atomic E-state index is 0.867. The first kappa shape index (κ1) is 15.7. The zero-order valence-corrected chi connectivity index (χ0v) is 15.0. The summed E-state index contributed by atoms with van der Waals surface area (Å²) in [7, 11) is 0. The van der Waals surface area contributed by atoms with Gasteiger partial charge in [-0.15, -0.1) is 0 Å². The number of rotatable bonds is 3. The summed E-state index contributed by atoms with van der Waals surface area (Å²) in [6.45, 7) is 8.08. The number of hydrogen-bond donors (Lipinski definition) is 1. The van der Waals surface area contributed by atoms with E-state index in [0.717, 1.165) is 61.6 Å². The van der Waals surface area contributed by atoms with Gasteiger partial charge in [0, 0.05) is 5.39 Å². The van der Waals surface area contributed by atoms with Gasteiger partial charge in [0.1, 0.15) is 18.6 Å². The molecule has 1 saturated heterocycles. The van der Waals surface area contributed by atoms with Crippen LogP contribution in [0.1, 0.15) is 5.56 Å². The van der Waals surface area contributed by atoms with E-state index in [2.05, 4.69) is 29.7 Å². The molecule has 0 amide bonds. The molecule has 5 heteroatoms. The van der Waals surface area contributed by atoms with Gasteiger partial charge in [-0.05, 0) is 31.2 Å². The van der Waals surface area contributed by atoms with Gasteiger partial charge in [-0.3, -0.25) is 0 Å². The molecule has 2 aromatic heterocycles. The van der Waals surface area contributed by atoms with E-state index in [4.69, 9.17) is 14.7 Å². The highest BCUT2D eigenvalue weighted by Gasteiger charge is 2.18. The fourth-order valence-electron chi connectivity index (χ4n) is 3.95. The number of fused-ring (bicyclic) bond motifs is 4. The fraction of sp³-hybridized carbons (Fsp3) is 0.333. The molecule has 0 spiro atoms. The molecule has 0 saturated carbocycles. The zero-order valence-electron chi connectivity index (χ0n) is 15.0. The lowest BCUT2D eigenvalue weighted by atomic mass is 10.1. The van der Waals surface area contributed by atoms with Crippen molar-refractivity contribution in [1.82, 2.24) is 14.5 Å². The largest absolute Gasteiger partial charge is 0.370 e. The van der Waals surface area contributed by atoms with E-state index in [-0.39, 0.29) is 0 Å². The maximum absolute atomic E-state index is 5.49. The van der Waals surface area contributed by atoms with Crippen molar-refractivity contribution in [3.05, 3.63) is 48.0 Å². The van der Waals surface area contributed by atoms with E-state index >= 15 is 0 Å². The van der Waals surface area contributed by atoms with Gasteiger partial charge >= 0.3 is 0 Å². The minimum absolute atomic E-state index is 0.867. The summed E-state index contributed by atoms with van der Waals surface area (Å²) in [6, 6.07) is 14.8. The predicted molar refractivity (Wildman–Crippen MR) is 104 cm³/mol. The Morgan fingerprint density at radius 2 is 1.81 bits per heavy atom. The Hall–Kier alpha value is -2.50. The molecule has 0 radical (unpaired) electrons. The second-order valence-corrected chi connectivity index (χ2v) is 7.17. The lowest BCUT2D eigenvalue weighted by Crippen LogP contribution is -3.14. The Bertz CT molecular complexity index is 1100.